The maximum absolute atomic E-state index is 13.3. The number of ether oxygens (including phenoxy) is 2. The summed E-state index contributed by atoms with van der Waals surface area (Å²) in [5.41, 5.74) is 2.14. The van der Waals surface area contributed by atoms with E-state index in [0.29, 0.717) is 40.2 Å². The van der Waals surface area contributed by atoms with E-state index in [4.69, 9.17) is 9.47 Å². The molecule has 7 heteroatoms. The lowest BCUT2D eigenvalue weighted by atomic mass is 10.1. The number of nitrogens with zero attached hydrogens (tertiary/aromatic N) is 1. The third kappa shape index (κ3) is 5.66. The number of amides is 2. The minimum Gasteiger partial charge on any atom is -0.490 e. The van der Waals surface area contributed by atoms with Crippen molar-refractivity contribution in [2.45, 2.75) is 25.9 Å². The van der Waals surface area contributed by atoms with Gasteiger partial charge in [0.1, 0.15) is 12.4 Å². The molecule has 6 nitrogen and oxygen atoms in total. The van der Waals surface area contributed by atoms with Crippen LogP contribution in [-0.2, 0) is 4.74 Å². The molecule has 1 fully saturated rings. The summed E-state index contributed by atoms with van der Waals surface area (Å²) in [5.74, 6) is 0.169. The van der Waals surface area contributed by atoms with Crippen molar-refractivity contribution in [3.05, 3.63) is 88.4 Å². The van der Waals surface area contributed by atoms with E-state index in [1.807, 2.05) is 37.3 Å². The highest BCUT2D eigenvalue weighted by Crippen LogP contribution is 2.28. The summed E-state index contributed by atoms with van der Waals surface area (Å²) in [4.78, 5) is 28.0. The minimum atomic E-state index is -0.311. The monoisotopic (exact) mass is 522 g/mol. The maximum Gasteiger partial charge on any atom is 0.260 e. The quantitative estimate of drug-likeness (QED) is 0.398. The first-order chi connectivity index (χ1) is 16.6. The lowest BCUT2D eigenvalue weighted by Crippen LogP contribution is -2.31. The maximum atomic E-state index is 13.3. The minimum absolute atomic E-state index is 0.113. The van der Waals surface area contributed by atoms with Crippen LogP contribution in [0.4, 0.5) is 11.4 Å². The molecule has 0 spiro atoms. The van der Waals surface area contributed by atoms with Gasteiger partial charge in [0.05, 0.1) is 21.8 Å². The van der Waals surface area contributed by atoms with Crippen molar-refractivity contribution in [3.8, 4) is 5.75 Å². The Bertz CT molecular complexity index is 1150. The third-order valence-corrected chi connectivity index (χ3v) is 6.30. The van der Waals surface area contributed by atoms with E-state index >= 15 is 0 Å². The Balaban J connectivity index is 1.48. The van der Waals surface area contributed by atoms with Gasteiger partial charge in [-0.2, -0.15) is 0 Å². The zero-order valence-electron chi connectivity index (χ0n) is 19.0. The van der Waals surface area contributed by atoms with Crippen LogP contribution >= 0.6 is 15.9 Å². The Morgan fingerprint density at radius 1 is 1.09 bits per heavy atom. The van der Waals surface area contributed by atoms with Crippen LogP contribution in [-0.4, -0.2) is 37.7 Å². The van der Waals surface area contributed by atoms with Gasteiger partial charge in [-0.15, -0.1) is 0 Å². The van der Waals surface area contributed by atoms with Crippen LogP contribution in [0, 0.1) is 0 Å². The van der Waals surface area contributed by atoms with Gasteiger partial charge >= 0.3 is 0 Å². The van der Waals surface area contributed by atoms with Gasteiger partial charge in [-0.05, 0) is 78.2 Å². The molecule has 0 radical (unpaired) electrons. The molecule has 3 aromatic carbocycles. The molecule has 1 aliphatic rings. The first kappa shape index (κ1) is 24.0. The Morgan fingerprint density at radius 3 is 2.56 bits per heavy atom. The smallest absolute Gasteiger partial charge is 0.260 e. The summed E-state index contributed by atoms with van der Waals surface area (Å²) >= 11 is 3.50. The number of nitrogens with one attached hydrogen (secondary N) is 1. The summed E-state index contributed by atoms with van der Waals surface area (Å²) < 4.78 is 12.1. The number of hydrogen-bond acceptors (Lipinski definition) is 4. The second kappa shape index (κ2) is 11.3. The van der Waals surface area contributed by atoms with Crippen molar-refractivity contribution in [1.29, 1.82) is 0 Å². The summed E-state index contributed by atoms with van der Waals surface area (Å²) in [6.45, 7) is 3.69. The molecule has 1 aliphatic heterocycles. The van der Waals surface area contributed by atoms with E-state index in [2.05, 4.69) is 21.2 Å². The molecular weight excluding hydrogens is 496 g/mol. The van der Waals surface area contributed by atoms with Crippen LogP contribution in [0.5, 0.6) is 5.75 Å². The average molecular weight is 523 g/mol. The van der Waals surface area contributed by atoms with Gasteiger partial charge in [-0.25, -0.2) is 0 Å². The predicted molar refractivity (Wildman–Crippen MR) is 137 cm³/mol. The highest BCUT2D eigenvalue weighted by Gasteiger charge is 2.21. The van der Waals surface area contributed by atoms with Gasteiger partial charge in [0.2, 0.25) is 0 Å². The van der Waals surface area contributed by atoms with Crippen LogP contribution in [0.1, 0.15) is 40.5 Å². The van der Waals surface area contributed by atoms with Gasteiger partial charge in [-0.3, -0.25) is 9.59 Å². The van der Waals surface area contributed by atoms with E-state index in [1.54, 1.807) is 47.4 Å². The first-order valence-corrected chi connectivity index (χ1v) is 12.2. The zero-order valence-corrected chi connectivity index (χ0v) is 20.6. The average Bonchev–Trinajstić information content (AvgIpc) is 3.38. The van der Waals surface area contributed by atoms with Gasteiger partial charge in [0, 0.05) is 24.4 Å². The molecule has 4 rings (SSSR count). The summed E-state index contributed by atoms with van der Waals surface area (Å²) in [6, 6.07) is 21.7. The Labute approximate surface area is 208 Å². The molecule has 0 aliphatic carbocycles. The van der Waals surface area contributed by atoms with Gasteiger partial charge in [-0.1, -0.05) is 30.3 Å². The number of carbonyl (C=O) groups excluding carboxylic acids is 2. The Kier molecular flexibility index (Phi) is 7.98. The van der Waals surface area contributed by atoms with Crippen LogP contribution in [0.15, 0.2) is 77.3 Å². The van der Waals surface area contributed by atoms with Crippen molar-refractivity contribution >= 4 is 39.1 Å². The Hall–Kier alpha value is -3.16. The van der Waals surface area contributed by atoms with Crippen LogP contribution < -0.4 is 15.0 Å². The van der Waals surface area contributed by atoms with Crippen molar-refractivity contribution in [3.63, 3.8) is 0 Å². The highest BCUT2D eigenvalue weighted by molar-refractivity contribution is 9.10. The Morgan fingerprint density at radius 2 is 1.85 bits per heavy atom. The van der Waals surface area contributed by atoms with Crippen LogP contribution in [0.2, 0.25) is 0 Å². The lowest BCUT2D eigenvalue weighted by molar-refractivity contribution is 0.0677. The number of carbonyl (C=O) groups is 2. The molecule has 0 bridgehead atoms. The largest absolute Gasteiger partial charge is 0.490 e. The third-order valence-electron chi connectivity index (χ3n) is 5.68. The van der Waals surface area contributed by atoms with Crippen molar-refractivity contribution in [2.24, 2.45) is 0 Å². The fourth-order valence-electron chi connectivity index (χ4n) is 3.89. The van der Waals surface area contributed by atoms with Crippen molar-refractivity contribution in [2.75, 3.05) is 30.0 Å². The molecule has 1 N–H and O–H groups in total. The standard InChI is InChI=1S/C27H27BrN2O4/c1-2-30(20-9-4-3-5-10-20)27(32)22-12-6-7-13-24(22)29-26(31)19-14-15-25(23(28)17-19)34-18-21-11-8-16-33-21/h3-7,9-10,12-15,17,21H,2,8,11,16,18H2,1H3,(H,29,31). The predicted octanol–water partition coefficient (Wildman–Crippen LogP) is 5.93. The first-order valence-electron chi connectivity index (χ1n) is 11.4. The van der Waals surface area contributed by atoms with E-state index in [1.165, 1.54) is 0 Å². The molecule has 0 aromatic heterocycles. The molecule has 1 heterocycles. The second-order valence-electron chi connectivity index (χ2n) is 7.98. The fourth-order valence-corrected chi connectivity index (χ4v) is 4.38. The number of halogens is 1. The number of benzene rings is 3. The fraction of sp³-hybridized carbons (Fsp3) is 0.259. The van der Waals surface area contributed by atoms with E-state index in [0.717, 1.165) is 25.1 Å². The van der Waals surface area contributed by atoms with Gasteiger partial charge < -0.3 is 19.7 Å². The molecular formula is C27H27BrN2O4. The van der Waals surface area contributed by atoms with Gasteiger partial charge in [0.25, 0.3) is 11.8 Å². The zero-order chi connectivity index (χ0) is 23.9. The summed E-state index contributed by atoms with van der Waals surface area (Å²) in [5, 5.41) is 2.89. The van der Waals surface area contributed by atoms with E-state index in [-0.39, 0.29) is 17.9 Å². The van der Waals surface area contributed by atoms with Crippen molar-refractivity contribution < 1.29 is 19.1 Å². The summed E-state index contributed by atoms with van der Waals surface area (Å²) in [6.07, 6.45) is 2.16. The normalized spacial score (nSPS) is 15.1. The lowest BCUT2D eigenvalue weighted by Gasteiger charge is -2.22. The van der Waals surface area contributed by atoms with Gasteiger partial charge in [0.15, 0.2) is 0 Å². The SMILES string of the molecule is CCN(C(=O)c1ccccc1NC(=O)c1ccc(OCC2CCCO2)c(Br)c1)c1ccccc1. The van der Waals surface area contributed by atoms with Crippen molar-refractivity contribution in [1.82, 2.24) is 0 Å². The number of rotatable bonds is 8. The molecule has 176 valence electrons. The molecule has 34 heavy (non-hydrogen) atoms. The molecule has 2 amide bonds. The molecule has 1 saturated heterocycles. The summed E-state index contributed by atoms with van der Waals surface area (Å²) in [7, 11) is 0. The highest BCUT2D eigenvalue weighted by atomic mass is 79.9. The molecule has 1 unspecified atom stereocenters. The van der Waals surface area contributed by atoms with E-state index < -0.39 is 0 Å². The van der Waals surface area contributed by atoms with Crippen LogP contribution in [0.25, 0.3) is 0 Å². The van der Waals surface area contributed by atoms with E-state index in [9.17, 15) is 9.59 Å². The number of hydrogen-bond donors (Lipinski definition) is 1. The topological polar surface area (TPSA) is 67.9 Å². The molecule has 0 saturated carbocycles. The number of anilines is 2. The van der Waals surface area contributed by atoms with Crippen LogP contribution in [0.3, 0.4) is 0 Å². The molecule has 1 atom stereocenters. The second-order valence-corrected chi connectivity index (χ2v) is 8.83. The number of para-hydroxylation sites is 2. The molecule has 3 aromatic rings.